The van der Waals surface area contributed by atoms with E-state index in [2.05, 4.69) is 5.18 Å². The molecule has 68 valence electrons. The molecular formula is C8H7NO4. The summed E-state index contributed by atoms with van der Waals surface area (Å²) in [6.45, 7) is -0.395. The fourth-order valence-electron chi connectivity index (χ4n) is 0.748. The van der Waals surface area contributed by atoms with Crippen LogP contribution >= 0.6 is 0 Å². The lowest BCUT2D eigenvalue weighted by molar-refractivity contribution is -0.139. The topological polar surface area (TPSA) is 76.0 Å². The van der Waals surface area contributed by atoms with Crippen LogP contribution < -0.4 is 4.74 Å². The van der Waals surface area contributed by atoms with Crippen molar-refractivity contribution in [1.82, 2.24) is 0 Å². The quantitative estimate of drug-likeness (QED) is 0.715. The second kappa shape index (κ2) is 4.20. The van der Waals surface area contributed by atoms with Crippen molar-refractivity contribution in [3.8, 4) is 5.75 Å². The minimum absolute atomic E-state index is 0.280. The summed E-state index contributed by atoms with van der Waals surface area (Å²) in [4.78, 5) is 20.1. The molecule has 0 saturated carbocycles. The van der Waals surface area contributed by atoms with Crippen LogP contribution in [-0.2, 0) is 4.79 Å². The van der Waals surface area contributed by atoms with Gasteiger partial charge in [0.05, 0.1) is 0 Å². The number of rotatable bonds is 4. The SMILES string of the molecule is O=Nc1ccc(OCC(=O)O)cc1. The second-order valence-corrected chi connectivity index (χ2v) is 2.27. The standard InChI is InChI=1S/C8H7NO4/c10-8(11)5-13-7-3-1-6(9-12)2-4-7/h1-4H,5H2,(H,10,11). The number of benzene rings is 1. The molecule has 0 aliphatic heterocycles. The van der Waals surface area contributed by atoms with Crippen molar-refractivity contribution in [3.05, 3.63) is 29.2 Å². The Kier molecular flexibility index (Phi) is 2.97. The van der Waals surface area contributed by atoms with Gasteiger partial charge in [-0.15, -0.1) is 4.91 Å². The van der Waals surface area contributed by atoms with Gasteiger partial charge in [0.2, 0.25) is 0 Å². The Bertz CT molecular complexity index is 306. The summed E-state index contributed by atoms with van der Waals surface area (Å²) in [5.41, 5.74) is 0.280. The van der Waals surface area contributed by atoms with Crippen LogP contribution in [-0.4, -0.2) is 17.7 Å². The van der Waals surface area contributed by atoms with Gasteiger partial charge in [-0.05, 0) is 29.4 Å². The number of ether oxygens (including phenoxy) is 1. The van der Waals surface area contributed by atoms with E-state index in [4.69, 9.17) is 9.84 Å². The Hall–Kier alpha value is -1.91. The largest absolute Gasteiger partial charge is 0.482 e. The molecular weight excluding hydrogens is 174 g/mol. The molecule has 13 heavy (non-hydrogen) atoms. The third kappa shape index (κ3) is 2.90. The third-order valence-corrected chi connectivity index (χ3v) is 1.30. The average molecular weight is 181 g/mol. The van der Waals surface area contributed by atoms with E-state index in [1.54, 1.807) is 0 Å². The molecule has 0 atom stereocenters. The van der Waals surface area contributed by atoms with Crippen molar-refractivity contribution < 1.29 is 14.6 Å². The summed E-state index contributed by atoms with van der Waals surface area (Å²) in [6, 6.07) is 5.87. The molecule has 1 aromatic rings. The van der Waals surface area contributed by atoms with E-state index in [1.165, 1.54) is 24.3 Å². The van der Waals surface area contributed by atoms with Crippen LogP contribution in [0.5, 0.6) is 5.75 Å². The maximum Gasteiger partial charge on any atom is 0.341 e. The minimum atomic E-state index is -1.04. The highest BCUT2D eigenvalue weighted by Gasteiger charge is 1.98. The van der Waals surface area contributed by atoms with Gasteiger partial charge >= 0.3 is 5.97 Å². The number of carboxylic acids is 1. The molecule has 1 aromatic carbocycles. The number of aliphatic carboxylic acids is 1. The molecule has 0 heterocycles. The van der Waals surface area contributed by atoms with Gasteiger partial charge in [0.25, 0.3) is 0 Å². The van der Waals surface area contributed by atoms with Crippen molar-refractivity contribution in [3.63, 3.8) is 0 Å². The Labute approximate surface area is 73.9 Å². The Balaban J connectivity index is 2.59. The van der Waals surface area contributed by atoms with E-state index in [-0.39, 0.29) is 5.69 Å². The smallest absolute Gasteiger partial charge is 0.341 e. The van der Waals surface area contributed by atoms with E-state index < -0.39 is 12.6 Å². The fraction of sp³-hybridized carbons (Fsp3) is 0.125. The first-order valence-corrected chi connectivity index (χ1v) is 3.50. The van der Waals surface area contributed by atoms with E-state index in [9.17, 15) is 9.70 Å². The van der Waals surface area contributed by atoms with Crippen LogP contribution in [0.1, 0.15) is 0 Å². The summed E-state index contributed by atoms with van der Waals surface area (Å²) in [5, 5.41) is 11.0. The molecule has 0 saturated heterocycles. The molecule has 1 rings (SSSR count). The molecule has 0 amide bonds. The molecule has 0 radical (unpaired) electrons. The Morgan fingerprint density at radius 3 is 2.46 bits per heavy atom. The maximum absolute atomic E-state index is 10.1. The highest BCUT2D eigenvalue weighted by molar-refractivity contribution is 5.68. The molecule has 0 bridgehead atoms. The summed E-state index contributed by atoms with van der Waals surface area (Å²) in [5.74, 6) is -0.646. The van der Waals surface area contributed by atoms with Gasteiger partial charge in [0.1, 0.15) is 11.4 Å². The first-order valence-electron chi connectivity index (χ1n) is 3.50. The van der Waals surface area contributed by atoms with Crippen LogP contribution in [0.25, 0.3) is 0 Å². The first kappa shape index (κ1) is 9.18. The van der Waals surface area contributed by atoms with Crippen molar-refractivity contribution in [2.45, 2.75) is 0 Å². The van der Waals surface area contributed by atoms with E-state index in [0.717, 1.165) is 0 Å². The zero-order chi connectivity index (χ0) is 9.68. The van der Waals surface area contributed by atoms with E-state index in [0.29, 0.717) is 5.75 Å². The lowest BCUT2D eigenvalue weighted by atomic mass is 10.3. The van der Waals surface area contributed by atoms with Crippen molar-refractivity contribution in [1.29, 1.82) is 0 Å². The number of hydrogen-bond donors (Lipinski definition) is 1. The summed E-state index contributed by atoms with van der Waals surface area (Å²) in [6.07, 6.45) is 0. The fourth-order valence-corrected chi connectivity index (χ4v) is 0.748. The molecule has 5 heteroatoms. The Morgan fingerprint density at radius 2 is 2.00 bits per heavy atom. The van der Waals surface area contributed by atoms with Crippen LogP contribution in [0.15, 0.2) is 29.4 Å². The van der Waals surface area contributed by atoms with Crippen LogP contribution in [0.2, 0.25) is 0 Å². The third-order valence-electron chi connectivity index (χ3n) is 1.30. The second-order valence-electron chi connectivity index (χ2n) is 2.27. The van der Waals surface area contributed by atoms with Gasteiger partial charge in [-0.25, -0.2) is 4.79 Å². The lowest BCUT2D eigenvalue weighted by Gasteiger charge is -2.01. The molecule has 5 nitrogen and oxygen atoms in total. The number of nitrogens with zero attached hydrogens (tertiary/aromatic N) is 1. The lowest BCUT2D eigenvalue weighted by Crippen LogP contribution is -2.09. The number of hydrogen-bond acceptors (Lipinski definition) is 4. The highest BCUT2D eigenvalue weighted by atomic mass is 16.5. The first-order chi connectivity index (χ1) is 6.22. The zero-order valence-electron chi connectivity index (χ0n) is 6.64. The van der Waals surface area contributed by atoms with Gasteiger partial charge in [0, 0.05) is 0 Å². The van der Waals surface area contributed by atoms with Crippen LogP contribution in [0.3, 0.4) is 0 Å². The summed E-state index contributed by atoms with van der Waals surface area (Å²) < 4.78 is 4.82. The maximum atomic E-state index is 10.1. The highest BCUT2D eigenvalue weighted by Crippen LogP contribution is 2.17. The van der Waals surface area contributed by atoms with E-state index in [1.807, 2.05) is 0 Å². The predicted octanol–water partition coefficient (Wildman–Crippen LogP) is 1.55. The van der Waals surface area contributed by atoms with Crippen LogP contribution in [0.4, 0.5) is 5.69 Å². The summed E-state index contributed by atoms with van der Waals surface area (Å²) >= 11 is 0. The van der Waals surface area contributed by atoms with Gasteiger partial charge in [0.15, 0.2) is 6.61 Å². The van der Waals surface area contributed by atoms with Crippen LogP contribution in [0, 0.1) is 4.91 Å². The number of nitroso groups, excluding NO2 is 1. The molecule has 0 aliphatic rings. The monoisotopic (exact) mass is 181 g/mol. The summed E-state index contributed by atoms with van der Waals surface area (Å²) in [7, 11) is 0. The molecule has 0 spiro atoms. The van der Waals surface area contributed by atoms with Gasteiger partial charge in [-0.2, -0.15) is 0 Å². The van der Waals surface area contributed by atoms with Crippen molar-refractivity contribution >= 4 is 11.7 Å². The average Bonchev–Trinajstić information content (AvgIpc) is 2.15. The van der Waals surface area contributed by atoms with Gasteiger partial charge < -0.3 is 9.84 Å². The molecule has 0 aliphatic carbocycles. The zero-order valence-corrected chi connectivity index (χ0v) is 6.64. The molecule has 0 fully saturated rings. The van der Waals surface area contributed by atoms with Gasteiger partial charge in [-0.3, -0.25) is 0 Å². The Morgan fingerprint density at radius 1 is 1.38 bits per heavy atom. The predicted molar refractivity (Wildman–Crippen MR) is 45.0 cm³/mol. The van der Waals surface area contributed by atoms with Gasteiger partial charge in [-0.1, -0.05) is 0 Å². The van der Waals surface area contributed by atoms with Crippen molar-refractivity contribution in [2.75, 3.05) is 6.61 Å². The molecule has 1 N–H and O–H groups in total. The minimum Gasteiger partial charge on any atom is -0.482 e. The van der Waals surface area contributed by atoms with Crippen molar-refractivity contribution in [2.24, 2.45) is 5.18 Å². The molecule has 0 unspecified atom stereocenters. The number of carbonyl (C=O) groups is 1. The van der Waals surface area contributed by atoms with E-state index >= 15 is 0 Å². The number of carboxylic acid groups (broad SMARTS) is 1. The molecule has 0 aromatic heterocycles. The normalized spacial score (nSPS) is 9.23.